The number of hydrogen-bond donors (Lipinski definition) is 1. The fourth-order valence-corrected chi connectivity index (χ4v) is 3.51. The molecule has 114 valence electrons. The minimum atomic E-state index is -1.51. The van der Waals surface area contributed by atoms with Gasteiger partial charge >= 0.3 is 5.66 Å². The minimum Gasteiger partial charge on any atom is -0.622 e. The van der Waals surface area contributed by atoms with Gasteiger partial charge in [-0.15, -0.1) is 5.06 Å². The van der Waals surface area contributed by atoms with E-state index < -0.39 is 11.2 Å². The maximum absolute atomic E-state index is 13.0. The van der Waals surface area contributed by atoms with Gasteiger partial charge in [0, 0.05) is 12.8 Å². The van der Waals surface area contributed by atoms with Gasteiger partial charge in [-0.05, 0) is 38.8 Å². The molecule has 1 saturated carbocycles. The van der Waals surface area contributed by atoms with Crippen LogP contribution in [0.25, 0.3) is 0 Å². The first-order valence-corrected chi connectivity index (χ1v) is 7.33. The Labute approximate surface area is 123 Å². The van der Waals surface area contributed by atoms with Gasteiger partial charge in [-0.1, -0.05) is 6.42 Å². The summed E-state index contributed by atoms with van der Waals surface area (Å²) in [5.74, 6) is 0.176. The molecule has 2 heterocycles. The lowest BCUT2D eigenvalue weighted by Crippen LogP contribution is -2.59. The molecular weight excluding hydrogens is 272 g/mol. The fraction of sp³-hybridized carbons (Fsp3) is 0.600. The summed E-state index contributed by atoms with van der Waals surface area (Å²) in [6.45, 7) is 3.45. The van der Waals surface area contributed by atoms with Gasteiger partial charge in [0.05, 0.1) is 6.26 Å². The van der Waals surface area contributed by atoms with Crippen LogP contribution >= 0.6 is 0 Å². The van der Waals surface area contributed by atoms with Gasteiger partial charge in [0.1, 0.15) is 5.54 Å². The number of furan rings is 1. The molecule has 1 fully saturated rings. The van der Waals surface area contributed by atoms with Crippen LogP contribution in [0.5, 0.6) is 0 Å². The Morgan fingerprint density at radius 3 is 2.81 bits per heavy atom. The largest absolute Gasteiger partial charge is 0.622 e. The van der Waals surface area contributed by atoms with E-state index in [1.165, 1.54) is 6.26 Å². The van der Waals surface area contributed by atoms with Crippen molar-refractivity contribution in [3.05, 3.63) is 29.4 Å². The Balaban J connectivity index is 2.20. The molecule has 6 heteroatoms. The van der Waals surface area contributed by atoms with Crippen LogP contribution in [-0.2, 0) is 4.79 Å². The quantitative estimate of drug-likeness (QED) is 0.634. The monoisotopic (exact) mass is 292 g/mol. The maximum Gasteiger partial charge on any atom is 0.310 e. The number of nitrogens with zero attached hydrogens (tertiary/aromatic N) is 2. The van der Waals surface area contributed by atoms with Crippen molar-refractivity contribution < 1.29 is 19.2 Å². The topological polar surface area (TPSA) is 79.8 Å². The van der Waals surface area contributed by atoms with Gasteiger partial charge in [-0.25, -0.2) is 0 Å². The van der Waals surface area contributed by atoms with Crippen LogP contribution in [0.3, 0.4) is 0 Å². The van der Waals surface area contributed by atoms with E-state index in [2.05, 4.69) is 0 Å². The molecule has 1 aliphatic heterocycles. The third-order valence-electron chi connectivity index (χ3n) is 4.63. The van der Waals surface area contributed by atoms with Crippen LogP contribution in [0.2, 0.25) is 0 Å². The summed E-state index contributed by atoms with van der Waals surface area (Å²) in [5, 5.41) is 24.6. The van der Waals surface area contributed by atoms with E-state index in [0.29, 0.717) is 29.1 Å². The lowest BCUT2D eigenvalue weighted by Gasteiger charge is -2.33. The lowest BCUT2D eigenvalue weighted by molar-refractivity contribution is -0.572. The predicted molar refractivity (Wildman–Crippen MR) is 75.0 cm³/mol. The van der Waals surface area contributed by atoms with Crippen LogP contribution in [0.1, 0.15) is 51.7 Å². The Bertz CT molecular complexity index is 591. The highest BCUT2D eigenvalue weighted by atomic mass is 16.6. The van der Waals surface area contributed by atoms with Crippen molar-refractivity contribution in [2.45, 2.75) is 57.2 Å². The lowest BCUT2D eigenvalue weighted by atomic mass is 9.94. The molecule has 0 saturated heterocycles. The van der Waals surface area contributed by atoms with Gasteiger partial charge in [0.15, 0.2) is 5.76 Å². The van der Waals surface area contributed by atoms with E-state index in [9.17, 15) is 15.2 Å². The van der Waals surface area contributed by atoms with Crippen molar-refractivity contribution in [1.82, 2.24) is 5.06 Å². The second-order valence-corrected chi connectivity index (χ2v) is 6.29. The molecule has 3 rings (SSSR count). The first-order chi connectivity index (χ1) is 9.92. The molecule has 1 aliphatic carbocycles. The normalized spacial score (nSPS) is 30.1. The summed E-state index contributed by atoms with van der Waals surface area (Å²) in [6.07, 6.45) is 4.53. The molecule has 1 spiro atoms. The zero-order valence-corrected chi connectivity index (χ0v) is 12.3. The van der Waals surface area contributed by atoms with Crippen LogP contribution in [0.4, 0.5) is 0 Å². The molecule has 21 heavy (non-hydrogen) atoms. The second-order valence-electron chi connectivity index (χ2n) is 6.29. The Morgan fingerprint density at radius 2 is 2.14 bits per heavy atom. The van der Waals surface area contributed by atoms with E-state index in [-0.39, 0.29) is 5.78 Å². The van der Waals surface area contributed by atoms with E-state index in [0.717, 1.165) is 24.3 Å². The van der Waals surface area contributed by atoms with Gasteiger partial charge < -0.3 is 14.8 Å². The number of carbonyl (C=O) groups excluding carboxylic acids is 1. The minimum absolute atomic E-state index is 0.216. The highest BCUT2D eigenvalue weighted by Crippen LogP contribution is 2.41. The van der Waals surface area contributed by atoms with Gasteiger partial charge in [-0.3, -0.25) is 4.79 Å². The molecule has 0 radical (unpaired) electrons. The molecule has 0 bridgehead atoms. The molecule has 6 nitrogen and oxygen atoms in total. The number of rotatable bonds is 1. The van der Waals surface area contributed by atoms with Gasteiger partial charge in [0.2, 0.25) is 5.78 Å². The van der Waals surface area contributed by atoms with Crippen molar-refractivity contribution in [3.8, 4) is 0 Å². The summed E-state index contributed by atoms with van der Waals surface area (Å²) in [6, 6.07) is 3.36. The predicted octanol–water partition coefficient (Wildman–Crippen LogP) is 2.29. The zero-order valence-electron chi connectivity index (χ0n) is 12.3. The SMILES string of the molecule is CC1(C)C(c2ccco2)=[N+]([O-])C2(CCCCCC2=O)N1O. The standard InChI is InChI=1S/C15H20N2O4/c1-14(2)13(11-7-6-10-21-11)16(19)15(17(14)20)9-5-3-4-8-12(15)18/h6-7,10,20H,3-5,8-9H2,1-2H3. The third kappa shape index (κ3) is 1.79. The van der Waals surface area contributed by atoms with Crippen molar-refractivity contribution in [1.29, 1.82) is 0 Å². The summed E-state index contributed by atoms with van der Waals surface area (Å²) in [4.78, 5) is 12.6. The number of Topliss-reactive ketones (excluding diaryl/α,β-unsaturated/α-hetero) is 1. The molecule has 1 aromatic rings. The van der Waals surface area contributed by atoms with Crippen molar-refractivity contribution in [3.63, 3.8) is 0 Å². The van der Waals surface area contributed by atoms with Crippen LogP contribution in [0, 0.1) is 5.21 Å². The molecule has 1 atom stereocenters. The van der Waals surface area contributed by atoms with E-state index in [4.69, 9.17) is 4.42 Å². The van der Waals surface area contributed by atoms with Crippen molar-refractivity contribution >= 4 is 11.5 Å². The van der Waals surface area contributed by atoms with E-state index >= 15 is 0 Å². The highest BCUT2D eigenvalue weighted by molar-refractivity contribution is 6.04. The molecular formula is C15H20N2O4. The summed E-state index contributed by atoms with van der Waals surface area (Å²) < 4.78 is 6.02. The van der Waals surface area contributed by atoms with Gasteiger partial charge in [0.25, 0.3) is 5.71 Å². The highest BCUT2D eigenvalue weighted by Gasteiger charge is 2.66. The average Bonchev–Trinajstić information content (AvgIpc) is 2.92. The van der Waals surface area contributed by atoms with Crippen molar-refractivity contribution in [2.75, 3.05) is 0 Å². The summed E-state index contributed by atoms with van der Waals surface area (Å²) in [5.41, 5.74) is -2.20. The molecule has 1 unspecified atom stereocenters. The summed E-state index contributed by atoms with van der Waals surface area (Å²) in [7, 11) is 0. The number of ketones is 1. The summed E-state index contributed by atoms with van der Waals surface area (Å²) >= 11 is 0. The molecule has 1 N–H and O–H groups in total. The van der Waals surface area contributed by atoms with Crippen LogP contribution in [0.15, 0.2) is 22.8 Å². The van der Waals surface area contributed by atoms with Gasteiger partial charge in [-0.2, -0.15) is 4.74 Å². The molecule has 0 amide bonds. The maximum atomic E-state index is 13.0. The second kappa shape index (κ2) is 4.68. The zero-order chi connectivity index (χ0) is 15.3. The number of hydrogen-bond acceptors (Lipinski definition) is 5. The Kier molecular flexibility index (Phi) is 3.18. The Morgan fingerprint density at radius 1 is 1.38 bits per heavy atom. The molecule has 0 aromatic carbocycles. The van der Waals surface area contributed by atoms with Crippen LogP contribution in [-0.4, -0.2) is 37.7 Å². The fourth-order valence-electron chi connectivity index (χ4n) is 3.51. The molecule has 1 aromatic heterocycles. The van der Waals surface area contributed by atoms with Crippen LogP contribution < -0.4 is 0 Å². The average molecular weight is 292 g/mol. The number of hydroxylamine groups is 3. The molecule has 2 aliphatic rings. The van der Waals surface area contributed by atoms with E-state index in [1.54, 1.807) is 26.0 Å². The first kappa shape index (κ1) is 14.3. The first-order valence-electron chi connectivity index (χ1n) is 7.33. The smallest absolute Gasteiger partial charge is 0.310 e. The van der Waals surface area contributed by atoms with E-state index in [1.807, 2.05) is 0 Å². The van der Waals surface area contributed by atoms with Crippen molar-refractivity contribution in [2.24, 2.45) is 0 Å². The Hall–Kier alpha value is -1.66. The third-order valence-corrected chi connectivity index (χ3v) is 4.63. The number of carbonyl (C=O) groups is 1.